The van der Waals surface area contributed by atoms with Crippen LogP contribution in [0.4, 0.5) is 4.79 Å². The molecule has 5 nitrogen and oxygen atoms in total. The molecule has 0 radical (unpaired) electrons. The fourth-order valence-corrected chi connectivity index (χ4v) is 1.28. The van der Waals surface area contributed by atoms with Gasteiger partial charge in [0.15, 0.2) is 0 Å². The second kappa shape index (κ2) is 5.89. The molecule has 5 heteroatoms. The first-order valence-corrected chi connectivity index (χ1v) is 5.73. The Morgan fingerprint density at radius 3 is 2.12 bits per heavy atom. The van der Waals surface area contributed by atoms with Gasteiger partial charge in [0.05, 0.1) is 5.92 Å². The summed E-state index contributed by atoms with van der Waals surface area (Å²) in [6.45, 7) is 8.82. The van der Waals surface area contributed by atoms with E-state index in [9.17, 15) is 9.59 Å². The van der Waals surface area contributed by atoms with Crippen LogP contribution in [0.15, 0.2) is 0 Å². The van der Waals surface area contributed by atoms with Crippen molar-refractivity contribution in [3.05, 3.63) is 0 Å². The number of aliphatic carboxylic acids is 1. The number of carbonyl (C=O) groups excluding carboxylic acids is 1. The predicted octanol–water partition coefficient (Wildman–Crippen LogP) is 2.35. The van der Waals surface area contributed by atoms with E-state index >= 15 is 0 Å². The molecule has 0 saturated carbocycles. The van der Waals surface area contributed by atoms with Crippen LogP contribution in [0.1, 0.15) is 41.0 Å². The van der Waals surface area contributed by atoms with Gasteiger partial charge in [-0.25, -0.2) is 4.79 Å². The van der Waals surface area contributed by atoms with Crippen molar-refractivity contribution in [3.8, 4) is 0 Å². The van der Waals surface area contributed by atoms with Crippen LogP contribution in [0, 0.1) is 5.92 Å². The number of carboxylic acids is 1. The van der Waals surface area contributed by atoms with Crippen molar-refractivity contribution < 1.29 is 19.4 Å². The van der Waals surface area contributed by atoms with Gasteiger partial charge in [-0.3, -0.25) is 4.79 Å². The minimum Gasteiger partial charge on any atom is -0.481 e. The van der Waals surface area contributed by atoms with Gasteiger partial charge in [-0.15, -0.1) is 0 Å². The van der Waals surface area contributed by atoms with Crippen molar-refractivity contribution in [2.24, 2.45) is 5.92 Å². The Kier molecular flexibility index (Phi) is 5.45. The predicted molar refractivity (Wildman–Crippen MR) is 64.9 cm³/mol. The van der Waals surface area contributed by atoms with E-state index in [-0.39, 0.29) is 6.04 Å². The van der Waals surface area contributed by atoms with Crippen LogP contribution in [0.25, 0.3) is 0 Å². The molecule has 100 valence electrons. The summed E-state index contributed by atoms with van der Waals surface area (Å²) in [5.41, 5.74) is -0.538. The molecule has 0 saturated heterocycles. The molecule has 0 aromatic rings. The largest absolute Gasteiger partial charge is 0.481 e. The molecule has 0 bridgehead atoms. The highest BCUT2D eigenvalue weighted by molar-refractivity contribution is 5.70. The summed E-state index contributed by atoms with van der Waals surface area (Å²) in [6, 6.07) is -0.170. The van der Waals surface area contributed by atoms with E-state index < -0.39 is 23.6 Å². The lowest BCUT2D eigenvalue weighted by Gasteiger charge is -2.29. The van der Waals surface area contributed by atoms with E-state index in [1.54, 1.807) is 34.7 Å². The third kappa shape index (κ3) is 6.14. The maximum Gasteiger partial charge on any atom is 0.410 e. The summed E-state index contributed by atoms with van der Waals surface area (Å²) in [7, 11) is 1.62. The van der Waals surface area contributed by atoms with Crippen LogP contribution < -0.4 is 0 Å². The van der Waals surface area contributed by atoms with E-state index in [1.165, 1.54) is 4.90 Å². The lowest BCUT2D eigenvalue weighted by Crippen LogP contribution is -2.40. The third-order valence-electron chi connectivity index (χ3n) is 2.46. The maximum absolute atomic E-state index is 11.7. The van der Waals surface area contributed by atoms with Gasteiger partial charge in [0.1, 0.15) is 5.60 Å². The second-order valence-corrected chi connectivity index (χ2v) is 5.42. The first-order chi connectivity index (χ1) is 7.54. The van der Waals surface area contributed by atoms with Gasteiger partial charge in [0.2, 0.25) is 0 Å². The minimum atomic E-state index is -0.852. The zero-order chi connectivity index (χ0) is 13.8. The summed E-state index contributed by atoms with van der Waals surface area (Å²) >= 11 is 0. The van der Waals surface area contributed by atoms with Crippen molar-refractivity contribution in [2.75, 3.05) is 7.05 Å². The summed E-state index contributed by atoms with van der Waals surface area (Å²) in [5.74, 6) is -1.33. The van der Waals surface area contributed by atoms with Gasteiger partial charge in [-0.05, 0) is 34.1 Å². The average molecular weight is 245 g/mol. The van der Waals surface area contributed by atoms with Gasteiger partial charge >= 0.3 is 12.1 Å². The van der Waals surface area contributed by atoms with Crippen LogP contribution in [-0.4, -0.2) is 40.8 Å². The van der Waals surface area contributed by atoms with Crippen LogP contribution in [-0.2, 0) is 9.53 Å². The molecule has 2 atom stereocenters. The standard InChI is InChI=1S/C12H23NO4/c1-8(10(14)15)7-9(2)13(6)11(16)17-12(3,4)5/h8-9H,7H2,1-6H3,(H,14,15). The Labute approximate surface area is 103 Å². The second-order valence-electron chi connectivity index (χ2n) is 5.42. The summed E-state index contributed by atoms with van der Waals surface area (Å²) in [5, 5.41) is 8.80. The zero-order valence-electron chi connectivity index (χ0n) is 11.5. The fraction of sp³-hybridized carbons (Fsp3) is 0.833. The number of carbonyl (C=O) groups is 2. The Morgan fingerprint density at radius 1 is 1.29 bits per heavy atom. The SMILES string of the molecule is CC(CC(C)N(C)C(=O)OC(C)(C)C)C(=O)O. The van der Waals surface area contributed by atoms with Gasteiger partial charge in [0.25, 0.3) is 0 Å². The van der Waals surface area contributed by atoms with E-state index in [0.29, 0.717) is 6.42 Å². The first kappa shape index (κ1) is 15.7. The molecule has 0 spiro atoms. The molecule has 2 unspecified atom stereocenters. The topological polar surface area (TPSA) is 66.8 Å². The van der Waals surface area contributed by atoms with Crippen LogP contribution in [0.2, 0.25) is 0 Å². The Morgan fingerprint density at radius 2 is 1.76 bits per heavy atom. The lowest BCUT2D eigenvalue weighted by atomic mass is 10.0. The maximum atomic E-state index is 11.7. The van der Waals surface area contributed by atoms with E-state index in [0.717, 1.165) is 0 Å². The molecular weight excluding hydrogens is 222 g/mol. The van der Waals surface area contributed by atoms with Crippen molar-refractivity contribution in [2.45, 2.75) is 52.7 Å². The molecule has 0 rings (SSSR count). The highest BCUT2D eigenvalue weighted by Crippen LogP contribution is 2.15. The minimum absolute atomic E-state index is 0.170. The molecule has 0 aromatic heterocycles. The number of nitrogens with zero attached hydrogens (tertiary/aromatic N) is 1. The molecule has 1 amide bonds. The quantitative estimate of drug-likeness (QED) is 0.825. The number of hydrogen-bond acceptors (Lipinski definition) is 3. The normalized spacial score (nSPS) is 14.9. The lowest BCUT2D eigenvalue weighted by molar-refractivity contribution is -0.141. The molecule has 0 heterocycles. The highest BCUT2D eigenvalue weighted by atomic mass is 16.6. The van der Waals surface area contributed by atoms with E-state index in [4.69, 9.17) is 9.84 Å². The van der Waals surface area contributed by atoms with Crippen LogP contribution in [0.5, 0.6) is 0 Å². The van der Waals surface area contributed by atoms with Crippen molar-refractivity contribution in [1.82, 2.24) is 4.90 Å². The highest BCUT2D eigenvalue weighted by Gasteiger charge is 2.25. The molecule has 0 fully saturated rings. The molecule has 0 aliphatic carbocycles. The number of hydrogen-bond donors (Lipinski definition) is 1. The smallest absolute Gasteiger partial charge is 0.410 e. The molecule has 0 aliphatic rings. The number of ether oxygens (including phenoxy) is 1. The number of carboxylic acid groups (broad SMARTS) is 1. The molecule has 17 heavy (non-hydrogen) atoms. The Balaban J connectivity index is 4.35. The summed E-state index contributed by atoms with van der Waals surface area (Å²) in [4.78, 5) is 23.9. The monoisotopic (exact) mass is 245 g/mol. The van der Waals surface area contributed by atoms with Gasteiger partial charge < -0.3 is 14.7 Å². The Hall–Kier alpha value is -1.26. The van der Waals surface area contributed by atoms with Crippen molar-refractivity contribution in [1.29, 1.82) is 0 Å². The van der Waals surface area contributed by atoms with Crippen LogP contribution in [0.3, 0.4) is 0 Å². The van der Waals surface area contributed by atoms with E-state index in [1.807, 2.05) is 6.92 Å². The van der Waals surface area contributed by atoms with Gasteiger partial charge in [-0.2, -0.15) is 0 Å². The molecular formula is C12H23NO4. The number of rotatable bonds is 4. The molecule has 0 aromatic carbocycles. The van der Waals surface area contributed by atoms with E-state index in [2.05, 4.69) is 0 Å². The Bertz CT molecular complexity index is 283. The zero-order valence-corrected chi connectivity index (χ0v) is 11.5. The first-order valence-electron chi connectivity index (χ1n) is 5.73. The average Bonchev–Trinajstić information content (AvgIpc) is 2.13. The summed E-state index contributed by atoms with van der Waals surface area (Å²) < 4.78 is 5.20. The van der Waals surface area contributed by atoms with Crippen molar-refractivity contribution in [3.63, 3.8) is 0 Å². The number of amides is 1. The summed E-state index contributed by atoms with van der Waals surface area (Å²) in [6.07, 6.45) is -0.0203. The molecule has 1 N–H and O–H groups in total. The van der Waals surface area contributed by atoms with Gasteiger partial charge in [-0.1, -0.05) is 6.92 Å². The fourth-order valence-electron chi connectivity index (χ4n) is 1.28. The molecule has 0 aliphatic heterocycles. The third-order valence-corrected chi connectivity index (χ3v) is 2.46. The van der Waals surface area contributed by atoms with Gasteiger partial charge in [0, 0.05) is 13.1 Å². The van der Waals surface area contributed by atoms with Crippen molar-refractivity contribution >= 4 is 12.1 Å². The van der Waals surface area contributed by atoms with Crippen LogP contribution >= 0.6 is 0 Å².